The fourth-order valence-electron chi connectivity index (χ4n) is 1.12. The molecule has 1 aromatic heterocycles. The maximum atomic E-state index is 8.85. The van der Waals surface area contributed by atoms with Gasteiger partial charge in [-0.25, -0.2) is 0 Å². The summed E-state index contributed by atoms with van der Waals surface area (Å²) in [5.41, 5.74) is 0. The molecule has 0 saturated heterocycles. The van der Waals surface area contributed by atoms with Gasteiger partial charge in [0.05, 0.1) is 10.9 Å². The molecule has 0 aliphatic rings. The highest BCUT2D eigenvalue weighted by Gasteiger charge is 2.10. The van der Waals surface area contributed by atoms with Crippen molar-refractivity contribution in [3.63, 3.8) is 0 Å². The third-order valence-corrected chi connectivity index (χ3v) is 3.24. The standard InChI is InChI=1S/C9H14ClNOS/c1-6(5-12)11-7(2)8-3-4-9(10)13-8/h3-4,6-7,11-12H,5H2,1-2H3/t6-,7?/m1/s1. The Labute approximate surface area is 87.5 Å². The largest absolute Gasteiger partial charge is 0.395 e. The molecule has 0 saturated carbocycles. The van der Waals surface area contributed by atoms with E-state index in [2.05, 4.69) is 12.2 Å². The predicted octanol–water partition coefficient (Wildman–Crippen LogP) is 2.43. The highest BCUT2D eigenvalue weighted by atomic mass is 35.5. The van der Waals surface area contributed by atoms with Crippen molar-refractivity contribution < 1.29 is 5.11 Å². The van der Waals surface area contributed by atoms with Gasteiger partial charge >= 0.3 is 0 Å². The molecule has 1 unspecified atom stereocenters. The van der Waals surface area contributed by atoms with E-state index < -0.39 is 0 Å². The van der Waals surface area contributed by atoms with Gasteiger partial charge in [-0.2, -0.15) is 0 Å². The molecule has 0 spiro atoms. The maximum absolute atomic E-state index is 8.85. The molecule has 1 aromatic rings. The number of hydrogen-bond acceptors (Lipinski definition) is 3. The first-order valence-electron chi connectivity index (χ1n) is 4.25. The first-order chi connectivity index (χ1) is 6.13. The lowest BCUT2D eigenvalue weighted by atomic mass is 10.2. The van der Waals surface area contributed by atoms with Crippen LogP contribution in [-0.4, -0.2) is 17.8 Å². The van der Waals surface area contributed by atoms with E-state index in [1.807, 2.05) is 19.1 Å². The average molecular weight is 220 g/mol. The Morgan fingerprint density at radius 1 is 1.54 bits per heavy atom. The van der Waals surface area contributed by atoms with Crippen LogP contribution in [0.3, 0.4) is 0 Å². The van der Waals surface area contributed by atoms with Crippen LogP contribution in [0.5, 0.6) is 0 Å². The van der Waals surface area contributed by atoms with Crippen LogP contribution in [-0.2, 0) is 0 Å². The quantitative estimate of drug-likeness (QED) is 0.816. The molecule has 0 aromatic carbocycles. The second-order valence-electron chi connectivity index (χ2n) is 3.11. The third-order valence-electron chi connectivity index (χ3n) is 1.83. The highest BCUT2D eigenvalue weighted by molar-refractivity contribution is 7.16. The highest BCUT2D eigenvalue weighted by Crippen LogP contribution is 2.26. The molecule has 1 heterocycles. The Hall–Kier alpha value is -0.0900. The summed E-state index contributed by atoms with van der Waals surface area (Å²) in [4.78, 5) is 1.20. The number of hydrogen-bond donors (Lipinski definition) is 2. The molecule has 74 valence electrons. The van der Waals surface area contributed by atoms with Crippen molar-refractivity contribution >= 4 is 22.9 Å². The molecule has 0 amide bonds. The second-order valence-corrected chi connectivity index (χ2v) is 4.86. The Kier molecular flexibility index (Phi) is 4.19. The van der Waals surface area contributed by atoms with Gasteiger partial charge in [0.2, 0.25) is 0 Å². The van der Waals surface area contributed by atoms with E-state index in [4.69, 9.17) is 16.7 Å². The molecule has 0 fully saturated rings. The number of thiophene rings is 1. The fraction of sp³-hybridized carbons (Fsp3) is 0.556. The van der Waals surface area contributed by atoms with Crippen LogP contribution in [0.15, 0.2) is 12.1 Å². The summed E-state index contributed by atoms with van der Waals surface area (Å²) < 4.78 is 0.806. The normalized spacial score (nSPS) is 15.7. The van der Waals surface area contributed by atoms with Crippen molar-refractivity contribution in [3.05, 3.63) is 21.3 Å². The van der Waals surface area contributed by atoms with Crippen LogP contribution >= 0.6 is 22.9 Å². The van der Waals surface area contributed by atoms with Crippen molar-refractivity contribution in [2.45, 2.75) is 25.9 Å². The van der Waals surface area contributed by atoms with Gasteiger partial charge < -0.3 is 10.4 Å². The van der Waals surface area contributed by atoms with Crippen LogP contribution in [0, 0.1) is 0 Å². The second kappa shape index (κ2) is 4.96. The minimum absolute atomic E-state index is 0.121. The molecule has 2 N–H and O–H groups in total. The zero-order valence-corrected chi connectivity index (χ0v) is 9.32. The van der Waals surface area contributed by atoms with Crippen molar-refractivity contribution in [2.75, 3.05) is 6.61 Å². The average Bonchev–Trinajstić information content (AvgIpc) is 2.51. The number of halogens is 1. The molecule has 2 atom stereocenters. The number of nitrogens with one attached hydrogen (secondary N) is 1. The van der Waals surface area contributed by atoms with Gasteiger partial charge in [-0.1, -0.05) is 11.6 Å². The van der Waals surface area contributed by atoms with Crippen LogP contribution in [0.4, 0.5) is 0 Å². The SMILES string of the molecule is CC(N[C@H](C)CO)c1ccc(Cl)s1. The Morgan fingerprint density at radius 3 is 2.69 bits per heavy atom. The zero-order valence-electron chi connectivity index (χ0n) is 7.75. The van der Waals surface area contributed by atoms with Crippen molar-refractivity contribution in [2.24, 2.45) is 0 Å². The van der Waals surface area contributed by atoms with E-state index in [0.29, 0.717) is 0 Å². The molecule has 13 heavy (non-hydrogen) atoms. The van der Waals surface area contributed by atoms with Crippen LogP contribution in [0.2, 0.25) is 4.34 Å². The molecular formula is C9H14ClNOS. The molecule has 1 rings (SSSR count). The van der Waals surface area contributed by atoms with Gasteiger partial charge in [-0.3, -0.25) is 0 Å². The summed E-state index contributed by atoms with van der Waals surface area (Å²) in [5.74, 6) is 0. The van der Waals surface area contributed by atoms with E-state index in [-0.39, 0.29) is 18.7 Å². The minimum Gasteiger partial charge on any atom is -0.395 e. The maximum Gasteiger partial charge on any atom is 0.0931 e. The van der Waals surface area contributed by atoms with Gasteiger partial charge in [-0.05, 0) is 26.0 Å². The molecule has 2 nitrogen and oxygen atoms in total. The van der Waals surface area contributed by atoms with E-state index in [9.17, 15) is 0 Å². The van der Waals surface area contributed by atoms with Crippen molar-refractivity contribution in [1.82, 2.24) is 5.32 Å². The minimum atomic E-state index is 0.121. The predicted molar refractivity (Wildman–Crippen MR) is 57.4 cm³/mol. The van der Waals surface area contributed by atoms with E-state index in [0.717, 1.165) is 4.34 Å². The molecule has 0 radical (unpaired) electrons. The summed E-state index contributed by atoms with van der Waals surface area (Å²) >= 11 is 7.39. The molecule has 4 heteroatoms. The van der Waals surface area contributed by atoms with Gasteiger partial charge in [-0.15, -0.1) is 11.3 Å². The van der Waals surface area contributed by atoms with E-state index in [1.54, 1.807) is 11.3 Å². The lowest BCUT2D eigenvalue weighted by molar-refractivity contribution is 0.243. The van der Waals surface area contributed by atoms with Crippen LogP contribution in [0.25, 0.3) is 0 Å². The monoisotopic (exact) mass is 219 g/mol. The fourth-order valence-corrected chi connectivity index (χ4v) is 2.20. The van der Waals surface area contributed by atoms with Gasteiger partial charge in [0, 0.05) is 17.0 Å². The number of rotatable bonds is 4. The smallest absolute Gasteiger partial charge is 0.0931 e. The summed E-state index contributed by atoms with van der Waals surface area (Å²) in [6.07, 6.45) is 0. The Morgan fingerprint density at radius 2 is 2.23 bits per heavy atom. The summed E-state index contributed by atoms with van der Waals surface area (Å²) in [6, 6.07) is 4.27. The lowest BCUT2D eigenvalue weighted by Gasteiger charge is -2.16. The topological polar surface area (TPSA) is 32.3 Å². The van der Waals surface area contributed by atoms with Gasteiger partial charge in [0.15, 0.2) is 0 Å². The first kappa shape index (κ1) is 11.0. The number of aliphatic hydroxyl groups excluding tert-OH is 1. The summed E-state index contributed by atoms with van der Waals surface area (Å²) in [7, 11) is 0. The number of aliphatic hydroxyl groups is 1. The molecule has 0 bridgehead atoms. The van der Waals surface area contributed by atoms with E-state index in [1.165, 1.54) is 4.88 Å². The Balaban J connectivity index is 2.53. The summed E-state index contributed by atoms with van der Waals surface area (Å²) in [5, 5.41) is 12.1. The van der Waals surface area contributed by atoms with E-state index >= 15 is 0 Å². The lowest BCUT2D eigenvalue weighted by Crippen LogP contribution is -2.31. The van der Waals surface area contributed by atoms with Crippen LogP contribution in [0.1, 0.15) is 24.8 Å². The first-order valence-corrected chi connectivity index (χ1v) is 5.45. The summed E-state index contributed by atoms with van der Waals surface area (Å²) in [6.45, 7) is 4.17. The molecule has 0 aliphatic heterocycles. The Bertz CT molecular complexity index is 264. The third kappa shape index (κ3) is 3.27. The zero-order chi connectivity index (χ0) is 9.84. The van der Waals surface area contributed by atoms with Gasteiger partial charge in [0.25, 0.3) is 0 Å². The molecule has 0 aliphatic carbocycles. The van der Waals surface area contributed by atoms with Crippen molar-refractivity contribution in [1.29, 1.82) is 0 Å². The van der Waals surface area contributed by atoms with Crippen LogP contribution < -0.4 is 5.32 Å². The van der Waals surface area contributed by atoms with Crippen molar-refractivity contribution in [3.8, 4) is 0 Å². The molecular weight excluding hydrogens is 206 g/mol. The van der Waals surface area contributed by atoms with Gasteiger partial charge in [0.1, 0.15) is 0 Å².